The summed E-state index contributed by atoms with van der Waals surface area (Å²) in [7, 11) is 0. The maximum absolute atomic E-state index is 13.3. The fourth-order valence-electron chi connectivity index (χ4n) is 4.36. The average Bonchev–Trinajstić information content (AvgIpc) is 2.83. The standard InChI is InChI=1S/C27H36N2O2S/c1-2-25(27(31)28-23-14-8-4-9-15-23)29(20-18-22-12-6-3-7-13-22)26(30)19-21-32-24-16-10-5-11-17-24/h3,5-7,10-13,16-17,23,25H,2,4,8-9,14-15,18-21H2,1H3,(H,28,31). The van der Waals surface area contributed by atoms with Gasteiger partial charge >= 0.3 is 0 Å². The summed E-state index contributed by atoms with van der Waals surface area (Å²) in [5.41, 5.74) is 1.19. The quantitative estimate of drug-likeness (QED) is 0.460. The zero-order chi connectivity index (χ0) is 22.6. The second kappa shape index (κ2) is 13.3. The van der Waals surface area contributed by atoms with Crippen LogP contribution in [0.5, 0.6) is 0 Å². The molecule has 2 aromatic carbocycles. The molecule has 32 heavy (non-hydrogen) atoms. The molecule has 0 saturated heterocycles. The molecule has 1 saturated carbocycles. The van der Waals surface area contributed by atoms with Crippen molar-refractivity contribution in [1.82, 2.24) is 10.2 Å². The van der Waals surface area contributed by atoms with Gasteiger partial charge < -0.3 is 10.2 Å². The summed E-state index contributed by atoms with van der Waals surface area (Å²) < 4.78 is 0. The van der Waals surface area contributed by atoms with Gasteiger partial charge in [-0.15, -0.1) is 11.8 Å². The van der Waals surface area contributed by atoms with Crippen molar-refractivity contribution in [2.75, 3.05) is 12.3 Å². The van der Waals surface area contributed by atoms with E-state index in [1.807, 2.05) is 48.2 Å². The van der Waals surface area contributed by atoms with Crippen molar-refractivity contribution >= 4 is 23.6 Å². The first-order chi connectivity index (χ1) is 15.7. The molecule has 1 aliphatic carbocycles. The number of hydrogen-bond acceptors (Lipinski definition) is 3. The lowest BCUT2D eigenvalue weighted by molar-refractivity contribution is -0.140. The van der Waals surface area contributed by atoms with Crippen molar-refractivity contribution in [2.24, 2.45) is 0 Å². The van der Waals surface area contributed by atoms with Gasteiger partial charge in [0.05, 0.1) is 0 Å². The fraction of sp³-hybridized carbons (Fsp3) is 0.481. The second-order valence-electron chi connectivity index (χ2n) is 8.50. The zero-order valence-corrected chi connectivity index (χ0v) is 20.0. The van der Waals surface area contributed by atoms with Crippen LogP contribution < -0.4 is 5.32 Å². The monoisotopic (exact) mass is 452 g/mol. The van der Waals surface area contributed by atoms with Crippen LogP contribution in [-0.4, -0.2) is 41.1 Å². The number of nitrogens with zero attached hydrogens (tertiary/aromatic N) is 1. The van der Waals surface area contributed by atoms with Gasteiger partial charge in [0, 0.05) is 29.7 Å². The first-order valence-electron chi connectivity index (χ1n) is 12.0. The van der Waals surface area contributed by atoms with Crippen molar-refractivity contribution < 1.29 is 9.59 Å². The predicted octanol–water partition coefficient (Wildman–Crippen LogP) is 5.47. The van der Waals surface area contributed by atoms with Gasteiger partial charge in [-0.05, 0) is 43.4 Å². The van der Waals surface area contributed by atoms with E-state index in [2.05, 4.69) is 29.6 Å². The third kappa shape index (κ3) is 7.70. The Hall–Kier alpha value is -2.27. The van der Waals surface area contributed by atoms with Crippen LogP contribution in [-0.2, 0) is 16.0 Å². The number of carbonyl (C=O) groups is 2. The molecule has 0 aliphatic heterocycles. The minimum Gasteiger partial charge on any atom is -0.352 e. The molecule has 0 spiro atoms. The third-order valence-electron chi connectivity index (χ3n) is 6.15. The molecule has 1 fully saturated rings. The molecular weight excluding hydrogens is 416 g/mol. The van der Waals surface area contributed by atoms with Gasteiger partial charge in [0.1, 0.15) is 6.04 Å². The normalized spacial score (nSPS) is 15.2. The summed E-state index contributed by atoms with van der Waals surface area (Å²) in [5.74, 6) is 0.789. The highest BCUT2D eigenvalue weighted by Gasteiger charge is 2.29. The molecule has 172 valence electrons. The van der Waals surface area contributed by atoms with Crippen LogP contribution in [0.2, 0.25) is 0 Å². The van der Waals surface area contributed by atoms with Crippen molar-refractivity contribution in [3.8, 4) is 0 Å². The number of hydrogen-bond donors (Lipinski definition) is 1. The molecular formula is C27H36N2O2S. The van der Waals surface area contributed by atoms with Crippen LogP contribution in [0.15, 0.2) is 65.6 Å². The highest BCUT2D eigenvalue weighted by molar-refractivity contribution is 7.99. The molecule has 0 radical (unpaired) electrons. The van der Waals surface area contributed by atoms with E-state index >= 15 is 0 Å². The van der Waals surface area contributed by atoms with E-state index in [4.69, 9.17) is 0 Å². The molecule has 0 heterocycles. The maximum atomic E-state index is 13.3. The Labute approximate surface area is 197 Å². The Morgan fingerprint density at radius 1 is 1.00 bits per heavy atom. The second-order valence-corrected chi connectivity index (χ2v) is 9.67. The lowest BCUT2D eigenvalue weighted by Gasteiger charge is -2.33. The lowest BCUT2D eigenvalue weighted by Crippen LogP contribution is -2.52. The number of benzene rings is 2. The van der Waals surface area contributed by atoms with Gasteiger partial charge in [0.2, 0.25) is 11.8 Å². The molecule has 1 aliphatic rings. The Kier molecular flexibility index (Phi) is 10.1. The van der Waals surface area contributed by atoms with Crippen molar-refractivity contribution in [3.63, 3.8) is 0 Å². The molecule has 2 amide bonds. The summed E-state index contributed by atoms with van der Waals surface area (Å²) in [6.45, 7) is 2.57. The fourth-order valence-corrected chi connectivity index (χ4v) is 5.22. The summed E-state index contributed by atoms with van der Waals surface area (Å²) in [6.07, 6.45) is 7.52. The molecule has 1 atom stereocenters. The van der Waals surface area contributed by atoms with Gasteiger partial charge in [-0.25, -0.2) is 0 Å². The number of nitrogens with one attached hydrogen (secondary N) is 1. The van der Waals surface area contributed by atoms with Gasteiger partial charge in [-0.3, -0.25) is 9.59 Å². The van der Waals surface area contributed by atoms with E-state index in [0.717, 1.165) is 19.3 Å². The molecule has 1 unspecified atom stereocenters. The minimum atomic E-state index is -0.408. The van der Waals surface area contributed by atoms with Gasteiger partial charge in [-0.1, -0.05) is 74.7 Å². The van der Waals surface area contributed by atoms with Crippen LogP contribution in [0.1, 0.15) is 57.4 Å². The number of rotatable bonds is 11. The molecule has 4 nitrogen and oxygen atoms in total. The summed E-state index contributed by atoms with van der Waals surface area (Å²) in [4.78, 5) is 29.5. The summed E-state index contributed by atoms with van der Waals surface area (Å²) in [5, 5.41) is 3.25. The highest BCUT2D eigenvalue weighted by atomic mass is 32.2. The van der Waals surface area contributed by atoms with Crippen LogP contribution in [0.3, 0.4) is 0 Å². The first-order valence-corrected chi connectivity index (χ1v) is 13.0. The van der Waals surface area contributed by atoms with Gasteiger partial charge in [0.15, 0.2) is 0 Å². The lowest BCUT2D eigenvalue weighted by atomic mass is 9.95. The molecule has 0 aromatic heterocycles. The van der Waals surface area contributed by atoms with E-state index in [1.165, 1.54) is 29.7 Å². The summed E-state index contributed by atoms with van der Waals surface area (Å²) >= 11 is 1.69. The zero-order valence-electron chi connectivity index (χ0n) is 19.2. The number of amides is 2. The van der Waals surface area contributed by atoms with Gasteiger partial charge in [-0.2, -0.15) is 0 Å². The largest absolute Gasteiger partial charge is 0.352 e. The Bertz CT molecular complexity index is 822. The minimum absolute atomic E-state index is 0.0107. The van der Waals surface area contributed by atoms with Gasteiger partial charge in [0.25, 0.3) is 0 Å². The molecule has 5 heteroatoms. The van der Waals surface area contributed by atoms with E-state index in [1.54, 1.807) is 11.8 Å². The Morgan fingerprint density at radius 2 is 1.66 bits per heavy atom. The van der Waals surface area contributed by atoms with Crippen LogP contribution in [0, 0.1) is 0 Å². The topological polar surface area (TPSA) is 49.4 Å². The Morgan fingerprint density at radius 3 is 2.31 bits per heavy atom. The van der Waals surface area contributed by atoms with Crippen LogP contribution in [0.4, 0.5) is 0 Å². The first kappa shape index (κ1) is 24.4. The number of thioether (sulfide) groups is 1. The average molecular weight is 453 g/mol. The van der Waals surface area contributed by atoms with Crippen molar-refractivity contribution in [1.29, 1.82) is 0 Å². The maximum Gasteiger partial charge on any atom is 0.243 e. The Balaban J connectivity index is 1.64. The smallest absolute Gasteiger partial charge is 0.243 e. The number of carbonyl (C=O) groups excluding carboxylic acids is 2. The predicted molar refractivity (Wildman–Crippen MR) is 133 cm³/mol. The van der Waals surface area contributed by atoms with E-state index in [0.29, 0.717) is 25.1 Å². The van der Waals surface area contributed by atoms with Crippen molar-refractivity contribution in [3.05, 3.63) is 66.2 Å². The van der Waals surface area contributed by atoms with Crippen LogP contribution in [0.25, 0.3) is 0 Å². The summed E-state index contributed by atoms with van der Waals surface area (Å²) in [6, 6.07) is 20.2. The van der Waals surface area contributed by atoms with E-state index < -0.39 is 6.04 Å². The highest BCUT2D eigenvalue weighted by Crippen LogP contribution is 2.21. The molecule has 1 N–H and O–H groups in total. The third-order valence-corrected chi connectivity index (χ3v) is 7.16. The van der Waals surface area contributed by atoms with Crippen molar-refractivity contribution in [2.45, 2.75) is 75.3 Å². The molecule has 3 rings (SSSR count). The molecule has 2 aromatic rings. The van der Waals surface area contributed by atoms with E-state index in [-0.39, 0.29) is 17.9 Å². The molecule has 0 bridgehead atoms. The van der Waals surface area contributed by atoms with Crippen LogP contribution >= 0.6 is 11.8 Å². The van der Waals surface area contributed by atoms with E-state index in [9.17, 15) is 9.59 Å². The SMILES string of the molecule is CCC(C(=O)NC1CCCCC1)N(CCc1ccccc1)C(=O)CCSc1ccccc1.